The largest absolute Gasteiger partial charge is 0.467 e. The maximum atomic E-state index is 9.71. The molecule has 16 heteroatoms. The zero-order valence-electron chi connectivity index (χ0n) is 25.8. The number of hydrogen-bond donors (Lipinski definition) is 3. The third-order valence-electron chi connectivity index (χ3n) is 4.55. The first-order valence-electron chi connectivity index (χ1n) is 14.5. The SMILES string of the molecule is COC(=O)CO.OCCOCCOCCOCCOCCOCCOCCOCCOCCOCCOCCOCCO. The quantitative estimate of drug-likeness (QED) is 0.0527. The second-order valence-corrected chi connectivity index (χ2v) is 7.92. The van der Waals surface area contributed by atoms with E-state index in [-0.39, 0.29) is 13.2 Å². The highest BCUT2D eigenvalue weighted by atomic mass is 16.6. The monoisotopic (exact) mass is 636 g/mol. The van der Waals surface area contributed by atoms with E-state index in [2.05, 4.69) is 4.74 Å². The second-order valence-electron chi connectivity index (χ2n) is 7.92. The predicted octanol–water partition coefficient (Wildman–Crippen LogP) is -1.69. The van der Waals surface area contributed by atoms with Gasteiger partial charge < -0.3 is 72.2 Å². The molecule has 0 aliphatic carbocycles. The summed E-state index contributed by atoms with van der Waals surface area (Å²) in [5.41, 5.74) is 0. The van der Waals surface area contributed by atoms with Crippen LogP contribution in [-0.2, 0) is 61.6 Å². The molecule has 0 unspecified atom stereocenters. The number of aliphatic hydroxyl groups is 3. The molecular formula is C27H56O16. The van der Waals surface area contributed by atoms with Gasteiger partial charge in [-0.3, -0.25) is 0 Å². The average Bonchev–Trinajstić information content (AvgIpc) is 3.03. The van der Waals surface area contributed by atoms with E-state index in [1.54, 1.807) is 0 Å². The van der Waals surface area contributed by atoms with Crippen LogP contribution in [0.2, 0.25) is 0 Å². The maximum Gasteiger partial charge on any atom is 0.331 e. The summed E-state index contributed by atoms with van der Waals surface area (Å²) in [7, 11) is 1.22. The van der Waals surface area contributed by atoms with Gasteiger partial charge in [-0.05, 0) is 0 Å². The Morgan fingerprint density at radius 1 is 0.349 bits per heavy atom. The van der Waals surface area contributed by atoms with Crippen molar-refractivity contribution in [3.05, 3.63) is 0 Å². The van der Waals surface area contributed by atoms with Gasteiger partial charge in [0.1, 0.15) is 6.61 Å². The van der Waals surface area contributed by atoms with Gasteiger partial charge in [0.15, 0.2) is 0 Å². The Balaban J connectivity index is 0. The van der Waals surface area contributed by atoms with Crippen LogP contribution in [0.25, 0.3) is 0 Å². The number of carbonyl (C=O) groups excluding carboxylic acids is 1. The van der Waals surface area contributed by atoms with Crippen LogP contribution >= 0.6 is 0 Å². The Kier molecular flexibility index (Phi) is 44.1. The van der Waals surface area contributed by atoms with Crippen molar-refractivity contribution in [2.45, 2.75) is 0 Å². The Morgan fingerprint density at radius 2 is 0.512 bits per heavy atom. The first kappa shape index (κ1) is 44.0. The molecule has 0 aliphatic rings. The minimum Gasteiger partial charge on any atom is -0.467 e. The van der Waals surface area contributed by atoms with E-state index in [9.17, 15) is 4.79 Å². The Hall–Kier alpha value is -1.09. The molecule has 0 atom stereocenters. The minimum atomic E-state index is -0.602. The molecule has 0 rings (SSSR count). The molecule has 0 radical (unpaired) electrons. The van der Waals surface area contributed by atoms with Crippen LogP contribution in [0, 0.1) is 0 Å². The van der Waals surface area contributed by atoms with Crippen molar-refractivity contribution in [2.75, 3.05) is 172 Å². The van der Waals surface area contributed by atoms with Crippen LogP contribution < -0.4 is 0 Å². The number of methoxy groups -OCH3 is 1. The van der Waals surface area contributed by atoms with Crippen LogP contribution in [0.1, 0.15) is 0 Å². The minimum absolute atomic E-state index is 0.0253. The van der Waals surface area contributed by atoms with Gasteiger partial charge in [-0.25, -0.2) is 4.79 Å². The highest BCUT2D eigenvalue weighted by molar-refractivity contribution is 5.70. The average molecular weight is 637 g/mol. The zero-order valence-corrected chi connectivity index (χ0v) is 25.8. The van der Waals surface area contributed by atoms with Crippen LogP contribution in [0.5, 0.6) is 0 Å². The number of aliphatic hydroxyl groups excluding tert-OH is 3. The smallest absolute Gasteiger partial charge is 0.331 e. The van der Waals surface area contributed by atoms with Gasteiger partial charge in [-0.1, -0.05) is 0 Å². The van der Waals surface area contributed by atoms with Crippen LogP contribution in [-0.4, -0.2) is 194 Å². The number of ether oxygens (including phenoxy) is 12. The standard InChI is InChI=1S/C24H50O13.C3H6O3/c25-1-3-27-5-7-29-9-11-31-13-15-33-17-19-35-21-23-37-24-22-36-20-18-34-16-14-32-12-10-30-8-6-28-4-2-26;1-6-3(5)2-4/h25-26H,1-24H2;4H,2H2,1H3. The molecule has 16 nitrogen and oxygen atoms in total. The van der Waals surface area contributed by atoms with Crippen LogP contribution in [0.3, 0.4) is 0 Å². The molecule has 0 aromatic rings. The van der Waals surface area contributed by atoms with Gasteiger partial charge in [0.25, 0.3) is 0 Å². The predicted molar refractivity (Wildman–Crippen MR) is 152 cm³/mol. The lowest BCUT2D eigenvalue weighted by Gasteiger charge is -2.09. The number of esters is 1. The molecule has 0 amide bonds. The van der Waals surface area contributed by atoms with Crippen molar-refractivity contribution in [1.82, 2.24) is 0 Å². The van der Waals surface area contributed by atoms with Crippen LogP contribution in [0.4, 0.5) is 0 Å². The molecule has 0 aliphatic heterocycles. The molecular weight excluding hydrogens is 580 g/mol. The highest BCUT2D eigenvalue weighted by Crippen LogP contribution is 1.87. The van der Waals surface area contributed by atoms with Gasteiger partial charge >= 0.3 is 5.97 Å². The van der Waals surface area contributed by atoms with Gasteiger partial charge in [0.05, 0.1) is 166 Å². The fraction of sp³-hybridized carbons (Fsp3) is 0.963. The highest BCUT2D eigenvalue weighted by Gasteiger charge is 1.96. The van der Waals surface area contributed by atoms with Gasteiger partial charge in [-0.2, -0.15) is 0 Å². The first-order valence-corrected chi connectivity index (χ1v) is 14.5. The summed E-state index contributed by atoms with van der Waals surface area (Å²) in [5, 5.41) is 25.0. The summed E-state index contributed by atoms with van der Waals surface area (Å²) >= 11 is 0. The summed E-state index contributed by atoms with van der Waals surface area (Å²) in [6, 6.07) is 0. The Morgan fingerprint density at radius 3 is 0.605 bits per heavy atom. The Labute approximate surface area is 255 Å². The van der Waals surface area contributed by atoms with Crippen LogP contribution in [0.15, 0.2) is 0 Å². The van der Waals surface area contributed by atoms with Gasteiger partial charge in [-0.15, -0.1) is 0 Å². The van der Waals surface area contributed by atoms with E-state index in [0.29, 0.717) is 145 Å². The molecule has 0 saturated carbocycles. The molecule has 260 valence electrons. The number of rotatable bonds is 35. The lowest BCUT2D eigenvalue weighted by molar-refractivity contribution is -0.143. The van der Waals surface area contributed by atoms with E-state index < -0.39 is 12.6 Å². The van der Waals surface area contributed by atoms with E-state index >= 15 is 0 Å². The van der Waals surface area contributed by atoms with E-state index in [4.69, 9.17) is 67.4 Å². The molecule has 0 heterocycles. The number of hydrogen-bond acceptors (Lipinski definition) is 16. The summed E-state index contributed by atoms with van der Waals surface area (Å²) in [6.45, 7) is 10.2. The van der Waals surface area contributed by atoms with Crippen molar-refractivity contribution < 1.29 is 77.0 Å². The summed E-state index contributed by atoms with van der Waals surface area (Å²) in [4.78, 5) is 9.71. The molecule has 43 heavy (non-hydrogen) atoms. The van der Waals surface area contributed by atoms with Crippen molar-refractivity contribution >= 4 is 5.97 Å². The summed E-state index contributed by atoms with van der Waals surface area (Å²) in [5.74, 6) is -0.602. The van der Waals surface area contributed by atoms with Gasteiger partial charge in [0.2, 0.25) is 0 Å². The van der Waals surface area contributed by atoms with E-state index in [0.717, 1.165) is 0 Å². The molecule has 0 saturated heterocycles. The lowest BCUT2D eigenvalue weighted by atomic mass is 10.6. The third kappa shape index (κ3) is 45.5. The lowest BCUT2D eigenvalue weighted by Crippen LogP contribution is -2.15. The zero-order chi connectivity index (χ0) is 31.7. The molecule has 0 aromatic carbocycles. The summed E-state index contributed by atoms with van der Waals surface area (Å²) in [6.07, 6.45) is 0. The maximum absolute atomic E-state index is 9.71. The molecule has 0 spiro atoms. The topological polar surface area (TPSA) is 189 Å². The van der Waals surface area contributed by atoms with Crippen molar-refractivity contribution in [3.63, 3.8) is 0 Å². The molecule has 0 fully saturated rings. The van der Waals surface area contributed by atoms with Crippen molar-refractivity contribution in [3.8, 4) is 0 Å². The fourth-order valence-electron chi connectivity index (χ4n) is 2.49. The van der Waals surface area contributed by atoms with Gasteiger partial charge in [0, 0.05) is 0 Å². The molecule has 0 aromatic heterocycles. The number of carbonyl (C=O) groups is 1. The normalized spacial score (nSPS) is 11.0. The molecule has 0 bridgehead atoms. The second kappa shape index (κ2) is 43.0. The Bertz CT molecular complexity index is 464. The van der Waals surface area contributed by atoms with Crippen molar-refractivity contribution in [2.24, 2.45) is 0 Å². The third-order valence-corrected chi connectivity index (χ3v) is 4.55. The van der Waals surface area contributed by atoms with E-state index in [1.165, 1.54) is 7.11 Å². The first-order chi connectivity index (χ1) is 21.2. The van der Waals surface area contributed by atoms with E-state index in [1.807, 2.05) is 0 Å². The molecule has 3 N–H and O–H groups in total. The fourth-order valence-corrected chi connectivity index (χ4v) is 2.49. The summed E-state index contributed by atoms with van der Waals surface area (Å²) < 4.78 is 62.7. The van der Waals surface area contributed by atoms with Crippen molar-refractivity contribution in [1.29, 1.82) is 0 Å².